The maximum atomic E-state index is 8.38. The van der Waals surface area contributed by atoms with E-state index in [1.165, 1.54) is 17.9 Å². The van der Waals surface area contributed by atoms with E-state index in [-0.39, 0.29) is 0 Å². The molecule has 1 fully saturated rings. The molecule has 11 heavy (non-hydrogen) atoms. The van der Waals surface area contributed by atoms with E-state index in [1.54, 1.807) is 0 Å². The van der Waals surface area contributed by atoms with Crippen LogP contribution < -0.4 is 0 Å². The van der Waals surface area contributed by atoms with Crippen molar-refractivity contribution < 1.29 is 0 Å². The zero-order valence-corrected chi connectivity index (χ0v) is 7.73. The zero-order valence-electron chi connectivity index (χ0n) is 6.92. The van der Waals surface area contributed by atoms with Crippen LogP contribution in [-0.2, 0) is 0 Å². The van der Waals surface area contributed by atoms with Gasteiger partial charge in [0.25, 0.3) is 0 Å². The molecule has 1 rings (SSSR count). The van der Waals surface area contributed by atoms with Gasteiger partial charge in [-0.05, 0) is 19.2 Å². The van der Waals surface area contributed by atoms with Gasteiger partial charge in [0.05, 0.1) is 6.07 Å². The van der Waals surface area contributed by atoms with Gasteiger partial charge >= 0.3 is 0 Å². The van der Waals surface area contributed by atoms with E-state index in [0.717, 1.165) is 12.6 Å². The molecule has 1 aliphatic heterocycles. The molecule has 62 valence electrons. The summed E-state index contributed by atoms with van der Waals surface area (Å²) in [6, 6.07) is 2.90. The van der Waals surface area contributed by atoms with Gasteiger partial charge in [0.15, 0.2) is 0 Å². The topological polar surface area (TPSA) is 27.0 Å². The minimum absolute atomic E-state index is 0.664. The predicted octanol–water partition coefficient (Wildman–Crippen LogP) is 1.34. The summed E-state index contributed by atoms with van der Waals surface area (Å²) < 4.78 is 0. The van der Waals surface area contributed by atoms with E-state index >= 15 is 0 Å². The van der Waals surface area contributed by atoms with Gasteiger partial charge in [-0.2, -0.15) is 17.0 Å². The van der Waals surface area contributed by atoms with Gasteiger partial charge in [0.2, 0.25) is 0 Å². The smallest absolute Gasteiger partial charge is 0.0635 e. The minimum Gasteiger partial charge on any atom is -0.302 e. The van der Waals surface area contributed by atoms with E-state index in [4.69, 9.17) is 5.26 Å². The highest BCUT2D eigenvalue weighted by Gasteiger charge is 2.18. The number of hydrogen-bond acceptors (Lipinski definition) is 3. The summed E-state index contributed by atoms with van der Waals surface area (Å²) in [4.78, 5) is 2.31. The molecule has 0 aromatic heterocycles. The lowest BCUT2D eigenvalue weighted by Gasteiger charge is -2.21. The molecule has 0 aromatic rings. The standard InChI is InChI=1S/C8H14N2S/c1-10(5-2-4-9)8-3-6-11-7-8/h8H,2-3,5-7H2,1H3. The Morgan fingerprint density at radius 1 is 1.73 bits per heavy atom. The highest BCUT2D eigenvalue weighted by molar-refractivity contribution is 7.99. The summed E-state index contributed by atoms with van der Waals surface area (Å²) in [6.07, 6.45) is 1.96. The molecule has 0 saturated carbocycles. The normalized spacial score (nSPS) is 23.9. The highest BCUT2D eigenvalue weighted by atomic mass is 32.2. The highest BCUT2D eigenvalue weighted by Crippen LogP contribution is 2.21. The average molecular weight is 170 g/mol. The lowest BCUT2D eigenvalue weighted by atomic mass is 10.2. The van der Waals surface area contributed by atoms with Gasteiger partial charge < -0.3 is 4.90 Å². The molecule has 0 N–H and O–H groups in total. The Hall–Kier alpha value is -0.200. The molecule has 1 unspecified atom stereocenters. The first-order chi connectivity index (χ1) is 5.34. The van der Waals surface area contributed by atoms with Crippen LogP contribution in [0.3, 0.4) is 0 Å². The van der Waals surface area contributed by atoms with Crippen LogP contribution >= 0.6 is 11.8 Å². The van der Waals surface area contributed by atoms with Crippen LogP contribution in [0.5, 0.6) is 0 Å². The number of nitrogens with zero attached hydrogens (tertiary/aromatic N) is 2. The maximum Gasteiger partial charge on any atom is 0.0635 e. The molecule has 1 saturated heterocycles. The van der Waals surface area contributed by atoms with Crippen molar-refractivity contribution in [2.24, 2.45) is 0 Å². The molecular weight excluding hydrogens is 156 g/mol. The fourth-order valence-corrected chi connectivity index (χ4v) is 2.58. The van der Waals surface area contributed by atoms with Gasteiger partial charge in [-0.15, -0.1) is 0 Å². The Labute approximate surface area is 72.6 Å². The number of hydrogen-bond donors (Lipinski definition) is 0. The minimum atomic E-state index is 0.664. The van der Waals surface area contributed by atoms with Crippen molar-refractivity contribution in [2.75, 3.05) is 25.1 Å². The summed E-state index contributed by atoms with van der Waals surface area (Å²) >= 11 is 2.02. The SMILES string of the molecule is CN(CCC#N)C1CCSC1. The number of nitriles is 1. The Morgan fingerprint density at radius 2 is 2.55 bits per heavy atom. The van der Waals surface area contributed by atoms with Gasteiger partial charge in [0, 0.05) is 24.8 Å². The van der Waals surface area contributed by atoms with Gasteiger partial charge in [0.1, 0.15) is 0 Å². The van der Waals surface area contributed by atoms with Crippen LogP contribution in [0.2, 0.25) is 0 Å². The van der Waals surface area contributed by atoms with Gasteiger partial charge in [-0.1, -0.05) is 0 Å². The quantitative estimate of drug-likeness (QED) is 0.639. The molecular formula is C8H14N2S. The summed E-state index contributed by atoms with van der Waals surface area (Å²) in [7, 11) is 2.12. The molecule has 1 aliphatic rings. The van der Waals surface area contributed by atoms with Crippen LogP contribution in [0.25, 0.3) is 0 Å². The number of rotatable bonds is 3. The molecule has 0 spiro atoms. The van der Waals surface area contributed by atoms with E-state index in [9.17, 15) is 0 Å². The molecule has 2 nitrogen and oxygen atoms in total. The third kappa shape index (κ3) is 2.72. The second kappa shape index (κ2) is 4.63. The Bertz CT molecular complexity index is 147. The fourth-order valence-electron chi connectivity index (χ4n) is 1.28. The van der Waals surface area contributed by atoms with Crippen LogP contribution in [-0.4, -0.2) is 36.0 Å². The molecule has 1 atom stereocenters. The monoisotopic (exact) mass is 170 g/mol. The largest absolute Gasteiger partial charge is 0.302 e. The van der Waals surface area contributed by atoms with Crippen molar-refractivity contribution in [1.82, 2.24) is 4.90 Å². The van der Waals surface area contributed by atoms with Gasteiger partial charge in [-0.3, -0.25) is 0 Å². The summed E-state index contributed by atoms with van der Waals surface area (Å²) in [5.41, 5.74) is 0. The first-order valence-corrected chi connectivity index (χ1v) is 5.15. The van der Waals surface area contributed by atoms with Crippen LogP contribution in [0, 0.1) is 11.3 Å². The van der Waals surface area contributed by atoms with Gasteiger partial charge in [-0.25, -0.2) is 0 Å². The summed E-state index contributed by atoms with van der Waals surface area (Å²) in [6.45, 7) is 0.932. The second-order valence-corrected chi connectivity index (χ2v) is 4.06. The second-order valence-electron chi connectivity index (χ2n) is 2.91. The Balaban J connectivity index is 2.18. The van der Waals surface area contributed by atoms with E-state index in [2.05, 4.69) is 18.0 Å². The third-order valence-electron chi connectivity index (χ3n) is 2.11. The molecule has 0 bridgehead atoms. The van der Waals surface area contributed by atoms with Crippen LogP contribution in [0.1, 0.15) is 12.8 Å². The van der Waals surface area contributed by atoms with Crippen molar-refractivity contribution in [3.8, 4) is 6.07 Å². The lowest BCUT2D eigenvalue weighted by Crippen LogP contribution is -2.32. The van der Waals surface area contributed by atoms with Crippen molar-refractivity contribution in [1.29, 1.82) is 5.26 Å². The maximum absolute atomic E-state index is 8.38. The zero-order chi connectivity index (χ0) is 8.10. The molecule has 0 aromatic carbocycles. The van der Waals surface area contributed by atoms with E-state index < -0.39 is 0 Å². The molecule has 1 heterocycles. The molecule has 3 heteroatoms. The fraction of sp³-hybridized carbons (Fsp3) is 0.875. The predicted molar refractivity (Wildman–Crippen MR) is 48.6 cm³/mol. The first kappa shape index (κ1) is 8.89. The average Bonchev–Trinajstić information content (AvgIpc) is 2.52. The summed E-state index contributed by atoms with van der Waals surface area (Å²) in [5.74, 6) is 2.55. The molecule has 0 aliphatic carbocycles. The summed E-state index contributed by atoms with van der Waals surface area (Å²) in [5, 5.41) is 8.38. The van der Waals surface area contributed by atoms with Crippen LogP contribution in [0.15, 0.2) is 0 Å². The van der Waals surface area contributed by atoms with E-state index in [0.29, 0.717) is 6.42 Å². The van der Waals surface area contributed by atoms with E-state index in [1.807, 2.05) is 11.8 Å². The van der Waals surface area contributed by atoms with Crippen molar-refractivity contribution in [3.63, 3.8) is 0 Å². The molecule has 0 amide bonds. The Morgan fingerprint density at radius 3 is 3.09 bits per heavy atom. The lowest BCUT2D eigenvalue weighted by molar-refractivity contribution is 0.268. The van der Waals surface area contributed by atoms with Crippen molar-refractivity contribution in [3.05, 3.63) is 0 Å². The molecule has 0 radical (unpaired) electrons. The van der Waals surface area contributed by atoms with Crippen molar-refractivity contribution >= 4 is 11.8 Å². The third-order valence-corrected chi connectivity index (χ3v) is 3.25. The Kier molecular flexibility index (Phi) is 3.74. The number of thioether (sulfide) groups is 1. The first-order valence-electron chi connectivity index (χ1n) is 3.99. The van der Waals surface area contributed by atoms with Crippen LogP contribution in [0.4, 0.5) is 0 Å². The van der Waals surface area contributed by atoms with Crippen molar-refractivity contribution in [2.45, 2.75) is 18.9 Å².